The second kappa shape index (κ2) is 7.31. The number of ether oxygens (including phenoxy) is 3. The molecule has 1 saturated heterocycles. The summed E-state index contributed by atoms with van der Waals surface area (Å²) in [5.41, 5.74) is 3.95. The Morgan fingerprint density at radius 3 is 1.89 bits per heavy atom. The molecule has 6 heteroatoms. The van der Waals surface area contributed by atoms with Crippen LogP contribution in [0.5, 0.6) is 11.5 Å². The van der Waals surface area contributed by atoms with Gasteiger partial charge in [-0.15, -0.1) is 0 Å². The zero-order valence-electron chi connectivity index (χ0n) is 17.9. The van der Waals surface area contributed by atoms with Crippen molar-refractivity contribution in [3.63, 3.8) is 0 Å². The molecule has 4 rings (SSSR count). The third-order valence-corrected chi connectivity index (χ3v) is 13.3. The summed E-state index contributed by atoms with van der Waals surface area (Å²) in [5.74, 6) is 1.82. The Morgan fingerprint density at radius 2 is 1.43 bits per heavy atom. The van der Waals surface area contributed by atoms with E-state index in [-0.39, 0.29) is 37.4 Å². The molecule has 0 aromatic heterocycles. The van der Waals surface area contributed by atoms with Crippen molar-refractivity contribution in [2.45, 2.75) is 70.4 Å². The standard InChI is InChI=1S/C22H34O5Si/c1-12(2)28(13(3)4,14(5)6)26-10-18-17(9-23)21-15-7-19-20(25-11-24-19)8-16(15)22(18)27-21/h7-8,12-14,17-18,21-23H,9-11H2,1-6H3. The molecule has 1 aromatic carbocycles. The largest absolute Gasteiger partial charge is 0.454 e. The van der Waals surface area contributed by atoms with Crippen molar-refractivity contribution in [1.29, 1.82) is 0 Å². The highest BCUT2D eigenvalue weighted by Crippen LogP contribution is 2.59. The Kier molecular flexibility index (Phi) is 5.27. The second-order valence-electron chi connectivity index (χ2n) is 9.45. The molecular formula is C22H34O5Si. The van der Waals surface area contributed by atoms with Crippen molar-refractivity contribution in [2.24, 2.45) is 11.8 Å². The highest BCUT2D eigenvalue weighted by atomic mass is 28.4. The van der Waals surface area contributed by atoms with Crippen molar-refractivity contribution in [3.05, 3.63) is 23.3 Å². The van der Waals surface area contributed by atoms with Gasteiger partial charge in [-0.05, 0) is 39.9 Å². The van der Waals surface area contributed by atoms with Crippen LogP contribution in [0, 0.1) is 11.8 Å². The molecule has 0 saturated carbocycles. The predicted octanol–water partition coefficient (Wildman–Crippen LogP) is 4.96. The third kappa shape index (κ3) is 2.83. The Balaban J connectivity index is 1.61. The molecule has 5 nitrogen and oxygen atoms in total. The fraction of sp³-hybridized carbons (Fsp3) is 0.727. The molecule has 3 aliphatic heterocycles. The Labute approximate surface area is 169 Å². The molecule has 0 spiro atoms. The van der Waals surface area contributed by atoms with E-state index in [1.807, 2.05) is 6.07 Å². The summed E-state index contributed by atoms with van der Waals surface area (Å²) < 4.78 is 24.3. The van der Waals surface area contributed by atoms with Crippen LogP contribution in [0.25, 0.3) is 0 Å². The van der Waals surface area contributed by atoms with Gasteiger partial charge in [-0.3, -0.25) is 0 Å². The van der Waals surface area contributed by atoms with Crippen molar-refractivity contribution in [2.75, 3.05) is 20.0 Å². The molecule has 0 amide bonds. The summed E-state index contributed by atoms with van der Waals surface area (Å²) in [6.45, 7) is 14.9. The molecule has 156 valence electrons. The second-order valence-corrected chi connectivity index (χ2v) is 14.9. The van der Waals surface area contributed by atoms with Crippen LogP contribution in [0.15, 0.2) is 12.1 Å². The number of hydrogen-bond donors (Lipinski definition) is 1. The topological polar surface area (TPSA) is 57.2 Å². The first-order chi connectivity index (χ1) is 13.3. The van der Waals surface area contributed by atoms with Gasteiger partial charge in [0.25, 0.3) is 0 Å². The van der Waals surface area contributed by atoms with E-state index in [4.69, 9.17) is 18.6 Å². The predicted molar refractivity (Wildman–Crippen MR) is 110 cm³/mol. The van der Waals surface area contributed by atoms with Gasteiger partial charge >= 0.3 is 0 Å². The molecule has 4 unspecified atom stereocenters. The van der Waals surface area contributed by atoms with E-state index in [0.717, 1.165) is 17.1 Å². The number of rotatable bonds is 7. The highest BCUT2D eigenvalue weighted by Gasteiger charge is 2.54. The van der Waals surface area contributed by atoms with Gasteiger partial charge in [0.2, 0.25) is 6.79 Å². The normalized spacial score (nSPS) is 28.1. The molecule has 1 aromatic rings. The Hall–Kier alpha value is -1.08. The van der Waals surface area contributed by atoms with Crippen molar-refractivity contribution in [3.8, 4) is 11.5 Å². The van der Waals surface area contributed by atoms with Crippen molar-refractivity contribution in [1.82, 2.24) is 0 Å². The average molecular weight is 407 g/mol. The molecule has 4 atom stereocenters. The number of aliphatic hydroxyl groups is 1. The third-order valence-electron chi connectivity index (χ3n) is 7.26. The van der Waals surface area contributed by atoms with E-state index >= 15 is 0 Å². The van der Waals surface area contributed by atoms with Gasteiger partial charge in [0.05, 0.1) is 12.2 Å². The first-order valence-electron chi connectivity index (χ1n) is 10.6. The molecule has 0 aliphatic carbocycles. The monoisotopic (exact) mass is 406 g/mol. The van der Waals surface area contributed by atoms with E-state index in [2.05, 4.69) is 47.6 Å². The van der Waals surface area contributed by atoms with E-state index < -0.39 is 8.32 Å². The number of aliphatic hydroxyl groups excluding tert-OH is 1. The lowest BCUT2D eigenvalue weighted by molar-refractivity contribution is 0.0446. The molecule has 2 bridgehead atoms. The van der Waals surface area contributed by atoms with Crippen molar-refractivity contribution < 1.29 is 23.7 Å². The van der Waals surface area contributed by atoms with Gasteiger partial charge in [0.15, 0.2) is 19.8 Å². The maximum Gasteiger partial charge on any atom is 0.231 e. The first kappa shape index (κ1) is 20.2. The molecule has 1 N–H and O–H groups in total. The summed E-state index contributed by atoms with van der Waals surface area (Å²) in [7, 11) is -1.96. The fourth-order valence-corrected chi connectivity index (χ4v) is 11.5. The Bertz CT molecular complexity index is 710. The van der Waals surface area contributed by atoms with Gasteiger partial charge in [0, 0.05) is 25.0 Å². The summed E-state index contributed by atoms with van der Waals surface area (Å²) in [5, 5.41) is 10.2. The lowest BCUT2D eigenvalue weighted by Crippen LogP contribution is -2.49. The van der Waals surface area contributed by atoms with Crippen LogP contribution in [-0.4, -0.2) is 33.4 Å². The van der Waals surface area contributed by atoms with E-state index in [1.165, 1.54) is 5.56 Å². The molecule has 3 heterocycles. The quantitative estimate of drug-likeness (QED) is 0.649. The van der Waals surface area contributed by atoms with Crippen LogP contribution >= 0.6 is 0 Å². The van der Waals surface area contributed by atoms with Gasteiger partial charge in [0.1, 0.15) is 0 Å². The van der Waals surface area contributed by atoms with Gasteiger partial charge in [-0.25, -0.2) is 0 Å². The van der Waals surface area contributed by atoms with Crippen LogP contribution < -0.4 is 9.47 Å². The Morgan fingerprint density at radius 1 is 0.929 bits per heavy atom. The fourth-order valence-electron chi connectivity index (χ4n) is 6.07. The van der Waals surface area contributed by atoms with Gasteiger partial charge < -0.3 is 23.7 Å². The van der Waals surface area contributed by atoms with Crippen LogP contribution in [-0.2, 0) is 9.16 Å². The lowest BCUT2D eigenvalue weighted by atomic mass is 9.76. The van der Waals surface area contributed by atoms with Crippen LogP contribution in [0.2, 0.25) is 16.6 Å². The molecular weight excluding hydrogens is 372 g/mol. The SMILES string of the molecule is CC(C)[Si](OCC1C2OC(c3cc4c(cc32)OCO4)C1CO)(C(C)C)C(C)C. The van der Waals surface area contributed by atoms with Crippen LogP contribution in [0.3, 0.4) is 0 Å². The first-order valence-corrected chi connectivity index (χ1v) is 12.8. The highest BCUT2D eigenvalue weighted by molar-refractivity contribution is 6.77. The van der Waals surface area contributed by atoms with E-state index in [0.29, 0.717) is 23.2 Å². The summed E-state index contributed by atoms with van der Waals surface area (Å²) in [6.07, 6.45) is -0.119. The smallest absolute Gasteiger partial charge is 0.231 e. The van der Waals surface area contributed by atoms with Crippen molar-refractivity contribution >= 4 is 8.32 Å². The van der Waals surface area contributed by atoms with Crippen LogP contribution in [0.1, 0.15) is 64.9 Å². The van der Waals surface area contributed by atoms with E-state index in [9.17, 15) is 5.11 Å². The summed E-state index contributed by atoms with van der Waals surface area (Å²) in [6, 6.07) is 4.11. The minimum Gasteiger partial charge on any atom is -0.454 e. The number of fused-ring (bicyclic) bond motifs is 6. The van der Waals surface area contributed by atoms with E-state index in [1.54, 1.807) is 0 Å². The zero-order chi connectivity index (χ0) is 20.2. The minimum atomic E-state index is -1.96. The summed E-state index contributed by atoms with van der Waals surface area (Å²) >= 11 is 0. The molecule has 1 fully saturated rings. The number of benzene rings is 1. The average Bonchev–Trinajstić information content (AvgIpc) is 3.32. The maximum absolute atomic E-state index is 10.2. The molecule has 0 radical (unpaired) electrons. The van der Waals surface area contributed by atoms with Gasteiger partial charge in [-0.1, -0.05) is 41.5 Å². The van der Waals surface area contributed by atoms with Crippen LogP contribution in [0.4, 0.5) is 0 Å². The molecule has 3 aliphatic rings. The van der Waals surface area contributed by atoms with Gasteiger partial charge in [-0.2, -0.15) is 0 Å². The molecule has 28 heavy (non-hydrogen) atoms. The summed E-state index contributed by atoms with van der Waals surface area (Å²) in [4.78, 5) is 0. The minimum absolute atomic E-state index is 0.0372. The maximum atomic E-state index is 10.2. The zero-order valence-corrected chi connectivity index (χ0v) is 18.9. The lowest BCUT2D eigenvalue weighted by Gasteiger charge is -2.43. The number of hydrogen-bond acceptors (Lipinski definition) is 5.